The molecule has 0 aliphatic heterocycles. The molecule has 0 bridgehead atoms. The molecule has 5 heteroatoms. The summed E-state index contributed by atoms with van der Waals surface area (Å²) in [6.45, 7) is 2.24. The number of Topliss-reactive ketones (excluding diaryl/α,β-unsaturated/α-hetero) is 1. The van der Waals surface area contributed by atoms with Gasteiger partial charge < -0.3 is 15.2 Å². The van der Waals surface area contributed by atoms with Crippen molar-refractivity contribution in [3.63, 3.8) is 0 Å². The highest BCUT2D eigenvalue weighted by atomic mass is 35.5. The van der Waals surface area contributed by atoms with Crippen LogP contribution in [0.5, 0.6) is 11.5 Å². The largest absolute Gasteiger partial charge is 0.493 e. The average molecular weight is 272 g/mol. The van der Waals surface area contributed by atoms with Crippen LogP contribution >= 0.6 is 11.6 Å². The van der Waals surface area contributed by atoms with E-state index in [2.05, 4.69) is 0 Å². The maximum Gasteiger partial charge on any atom is 0.166 e. The van der Waals surface area contributed by atoms with Crippen LogP contribution in [0, 0.1) is 0 Å². The first-order chi connectivity index (χ1) is 8.60. The molecule has 0 spiro atoms. The maximum absolute atomic E-state index is 12.1. The molecule has 18 heavy (non-hydrogen) atoms. The summed E-state index contributed by atoms with van der Waals surface area (Å²) in [5.41, 5.74) is 6.67. The van der Waals surface area contributed by atoms with Gasteiger partial charge in [0.1, 0.15) is 0 Å². The number of ether oxygens (including phenoxy) is 2. The van der Waals surface area contributed by atoms with Crippen LogP contribution in [-0.4, -0.2) is 26.5 Å². The van der Waals surface area contributed by atoms with Crippen molar-refractivity contribution in [2.24, 2.45) is 5.73 Å². The molecule has 1 aromatic carbocycles. The molecule has 0 saturated carbocycles. The Morgan fingerprint density at radius 3 is 2.50 bits per heavy atom. The molecular formula is C13H18ClNO3. The van der Waals surface area contributed by atoms with Crippen LogP contribution in [0.1, 0.15) is 29.3 Å². The third-order valence-electron chi connectivity index (χ3n) is 2.72. The Morgan fingerprint density at radius 1 is 1.39 bits per heavy atom. The van der Waals surface area contributed by atoms with Gasteiger partial charge in [0.25, 0.3) is 0 Å². The second-order valence-electron chi connectivity index (χ2n) is 3.76. The molecular weight excluding hydrogens is 254 g/mol. The number of hydrogen-bond donors (Lipinski definition) is 1. The Balaban J connectivity index is 3.45. The van der Waals surface area contributed by atoms with Gasteiger partial charge >= 0.3 is 0 Å². The van der Waals surface area contributed by atoms with Crippen LogP contribution in [0.2, 0.25) is 5.02 Å². The summed E-state index contributed by atoms with van der Waals surface area (Å²) in [6.07, 6.45) is 0.897. The van der Waals surface area contributed by atoms with Crippen LogP contribution in [0.4, 0.5) is 0 Å². The molecule has 0 atom stereocenters. The predicted octanol–water partition coefficient (Wildman–Crippen LogP) is 2.45. The molecule has 0 saturated heterocycles. The topological polar surface area (TPSA) is 61.5 Å². The van der Waals surface area contributed by atoms with Gasteiger partial charge in [-0.15, -0.1) is 0 Å². The van der Waals surface area contributed by atoms with Crippen molar-refractivity contribution < 1.29 is 14.3 Å². The number of rotatable bonds is 6. The van der Waals surface area contributed by atoms with Gasteiger partial charge in [0.2, 0.25) is 0 Å². The Hall–Kier alpha value is -1.26. The third-order valence-corrected chi connectivity index (χ3v) is 3.02. The van der Waals surface area contributed by atoms with E-state index in [1.165, 1.54) is 7.11 Å². The number of nitrogens with two attached hydrogens (primary N) is 1. The lowest BCUT2D eigenvalue weighted by molar-refractivity contribution is 0.0984. The van der Waals surface area contributed by atoms with Crippen LogP contribution < -0.4 is 15.2 Å². The molecule has 0 radical (unpaired) electrons. The van der Waals surface area contributed by atoms with E-state index in [-0.39, 0.29) is 12.2 Å². The SMILES string of the molecule is CCc1c(OC)c(OC)cc(Cl)c1C(=O)CCN. The van der Waals surface area contributed by atoms with E-state index in [4.69, 9.17) is 26.8 Å². The molecule has 0 aliphatic carbocycles. The van der Waals surface area contributed by atoms with Crippen molar-refractivity contribution in [1.82, 2.24) is 0 Å². The Kier molecular flexibility index (Phi) is 5.44. The van der Waals surface area contributed by atoms with Crippen LogP contribution in [0.3, 0.4) is 0 Å². The molecule has 0 unspecified atom stereocenters. The van der Waals surface area contributed by atoms with Crippen molar-refractivity contribution >= 4 is 17.4 Å². The molecule has 0 heterocycles. The van der Waals surface area contributed by atoms with Crippen molar-refractivity contribution in [3.8, 4) is 11.5 Å². The molecule has 0 amide bonds. The van der Waals surface area contributed by atoms with Crippen LogP contribution in [0.15, 0.2) is 6.07 Å². The Bertz CT molecular complexity index is 446. The van der Waals surface area contributed by atoms with Crippen molar-refractivity contribution in [2.45, 2.75) is 19.8 Å². The lowest BCUT2D eigenvalue weighted by Gasteiger charge is -2.16. The van der Waals surface area contributed by atoms with Gasteiger partial charge in [0.05, 0.1) is 19.2 Å². The van der Waals surface area contributed by atoms with Gasteiger partial charge in [0, 0.05) is 23.6 Å². The number of methoxy groups -OCH3 is 2. The number of carbonyl (C=O) groups is 1. The van der Waals surface area contributed by atoms with E-state index in [1.807, 2.05) is 6.92 Å². The fraction of sp³-hybridized carbons (Fsp3) is 0.462. The zero-order chi connectivity index (χ0) is 13.7. The van der Waals surface area contributed by atoms with E-state index in [0.717, 1.165) is 5.56 Å². The van der Waals surface area contributed by atoms with Crippen molar-refractivity contribution in [2.75, 3.05) is 20.8 Å². The van der Waals surface area contributed by atoms with Gasteiger partial charge in [-0.2, -0.15) is 0 Å². The summed E-state index contributed by atoms with van der Waals surface area (Å²) in [5.74, 6) is 1.02. The Morgan fingerprint density at radius 2 is 2.06 bits per heavy atom. The lowest BCUT2D eigenvalue weighted by Crippen LogP contribution is -2.12. The predicted molar refractivity (Wildman–Crippen MR) is 71.9 cm³/mol. The highest BCUT2D eigenvalue weighted by Gasteiger charge is 2.21. The summed E-state index contributed by atoms with van der Waals surface area (Å²) in [5, 5.41) is 0.378. The number of carbonyl (C=O) groups excluding carboxylic acids is 1. The number of hydrogen-bond acceptors (Lipinski definition) is 4. The maximum atomic E-state index is 12.1. The zero-order valence-corrected chi connectivity index (χ0v) is 11.6. The monoisotopic (exact) mass is 271 g/mol. The second-order valence-corrected chi connectivity index (χ2v) is 4.17. The number of ketones is 1. The minimum absolute atomic E-state index is 0.0692. The standard InChI is InChI=1S/C13H18ClNO3/c1-4-8-12(10(16)5-6-15)9(14)7-11(17-2)13(8)18-3/h7H,4-6,15H2,1-3H3. The van der Waals surface area contributed by atoms with Crippen LogP contribution in [-0.2, 0) is 6.42 Å². The highest BCUT2D eigenvalue weighted by Crippen LogP contribution is 2.38. The minimum Gasteiger partial charge on any atom is -0.493 e. The first-order valence-corrected chi connectivity index (χ1v) is 6.15. The third kappa shape index (κ3) is 2.76. The van der Waals surface area contributed by atoms with Crippen molar-refractivity contribution in [3.05, 3.63) is 22.2 Å². The van der Waals surface area contributed by atoms with E-state index < -0.39 is 0 Å². The summed E-state index contributed by atoms with van der Waals surface area (Å²) >= 11 is 6.15. The smallest absolute Gasteiger partial charge is 0.166 e. The molecule has 100 valence electrons. The Labute approximate surface area is 112 Å². The van der Waals surface area contributed by atoms with E-state index in [9.17, 15) is 4.79 Å². The quantitative estimate of drug-likeness (QED) is 0.808. The lowest BCUT2D eigenvalue weighted by atomic mass is 9.98. The summed E-state index contributed by atoms with van der Waals surface area (Å²) in [7, 11) is 3.08. The van der Waals surface area contributed by atoms with Gasteiger partial charge in [-0.1, -0.05) is 18.5 Å². The molecule has 1 aromatic rings. The minimum atomic E-state index is -0.0692. The van der Waals surface area contributed by atoms with Crippen LogP contribution in [0.25, 0.3) is 0 Å². The number of halogens is 1. The van der Waals surface area contributed by atoms with Gasteiger partial charge in [-0.3, -0.25) is 4.79 Å². The van der Waals surface area contributed by atoms with E-state index >= 15 is 0 Å². The molecule has 1 rings (SSSR count). The van der Waals surface area contributed by atoms with E-state index in [1.54, 1.807) is 13.2 Å². The number of benzene rings is 1. The summed E-state index contributed by atoms with van der Waals surface area (Å²) < 4.78 is 10.5. The molecule has 0 aromatic heterocycles. The summed E-state index contributed by atoms with van der Waals surface area (Å²) in [6, 6.07) is 1.60. The molecule has 2 N–H and O–H groups in total. The molecule has 0 fully saturated rings. The van der Waals surface area contributed by atoms with Gasteiger partial charge in [-0.25, -0.2) is 0 Å². The molecule has 4 nitrogen and oxygen atoms in total. The molecule has 0 aliphatic rings. The zero-order valence-electron chi connectivity index (χ0n) is 10.9. The first-order valence-electron chi connectivity index (χ1n) is 5.77. The fourth-order valence-corrected chi connectivity index (χ4v) is 2.25. The van der Waals surface area contributed by atoms with E-state index in [0.29, 0.717) is 35.1 Å². The first kappa shape index (κ1) is 14.8. The second kappa shape index (κ2) is 6.61. The van der Waals surface area contributed by atoms with Gasteiger partial charge in [0.15, 0.2) is 17.3 Å². The van der Waals surface area contributed by atoms with Gasteiger partial charge in [-0.05, 0) is 13.0 Å². The highest BCUT2D eigenvalue weighted by molar-refractivity contribution is 6.34. The average Bonchev–Trinajstić information content (AvgIpc) is 2.37. The normalized spacial score (nSPS) is 10.3. The summed E-state index contributed by atoms with van der Waals surface area (Å²) in [4.78, 5) is 12.1. The van der Waals surface area contributed by atoms with Crippen molar-refractivity contribution in [1.29, 1.82) is 0 Å². The fourth-order valence-electron chi connectivity index (χ4n) is 1.93.